The molecule has 0 aromatic heterocycles. The van der Waals surface area contributed by atoms with Crippen molar-refractivity contribution in [3.05, 3.63) is 65.7 Å². The fraction of sp³-hybridized carbons (Fsp3) is 0.250. The van der Waals surface area contributed by atoms with Crippen molar-refractivity contribution < 1.29 is 10.1 Å². The van der Waals surface area contributed by atoms with Crippen LogP contribution in [0.25, 0.3) is 0 Å². The third-order valence-corrected chi connectivity index (χ3v) is 2.80. The quantitative estimate of drug-likeness (QED) is 0.772. The van der Waals surface area contributed by atoms with Crippen molar-refractivity contribution >= 4 is 0 Å². The lowest BCUT2D eigenvalue weighted by Gasteiger charge is -2.06. The van der Waals surface area contributed by atoms with Gasteiger partial charge in [0, 0.05) is 5.56 Å². The fourth-order valence-corrected chi connectivity index (χ4v) is 1.85. The van der Waals surface area contributed by atoms with Gasteiger partial charge >= 0.3 is 0 Å². The van der Waals surface area contributed by atoms with Gasteiger partial charge in [0.1, 0.15) is 25.4 Å². The van der Waals surface area contributed by atoms with Crippen LogP contribution >= 0.6 is 0 Å². The number of hydrogen-bond acceptors (Lipinski definition) is 1. The SMILES string of the molecule is Cc1cccc(OCC[NH2+]Cc2ccccc2)c1. The molecule has 94 valence electrons. The molecule has 2 N–H and O–H groups in total. The number of quaternary nitrogens is 1. The topological polar surface area (TPSA) is 25.8 Å². The third kappa shape index (κ3) is 4.22. The van der Waals surface area contributed by atoms with Gasteiger partial charge in [-0.1, -0.05) is 42.5 Å². The van der Waals surface area contributed by atoms with Crippen LogP contribution in [0.4, 0.5) is 0 Å². The van der Waals surface area contributed by atoms with E-state index in [1.54, 1.807) is 0 Å². The molecule has 18 heavy (non-hydrogen) atoms. The Hall–Kier alpha value is -1.80. The first-order valence-corrected chi connectivity index (χ1v) is 6.39. The van der Waals surface area contributed by atoms with Gasteiger partial charge in [-0.2, -0.15) is 0 Å². The van der Waals surface area contributed by atoms with Crippen molar-refractivity contribution in [2.45, 2.75) is 13.5 Å². The van der Waals surface area contributed by atoms with Gasteiger partial charge in [0.05, 0.1) is 0 Å². The normalized spacial score (nSPS) is 10.3. The van der Waals surface area contributed by atoms with Crippen molar-refractivity contribution in [3.8, 4) is 5.75 Å². The summed E-state index contributed by atoms with van der Waals surface area (Å²) in [7, 11) is 0. The smallest absolute Gasteiger partial charge is 0.137 e. The fourth-order valence-electron chi connectivity index (χ4n) is 1.85. The van der Waals surface area contributed by atoms with Crippen molar-refractivity contribution in [2.75, 3.05) is 13.2 Å². The maximum absolute atomic E-state index is 5.69. The Kier molecular flexibility index (Phi) is 4.79. The number of aryl methyl sites for hydroxylation is 1. The van der Waals surface area contributed by atoms with Crippen LogP contribution in [0.15, 0.2) is 54.6 Å². The van der Waals surface area contributed by atoms with Crippen LogP contribution in [-0.2, 0) is 6.54 Å². The Bertz CT molecular complexity index is 468. The van der Waals surface area contributed by atoms with Crippen molar-refractivity contribution in [1.29, 1.82) is 0 Å². The van der Waals surface area contributed by atoms with E-state index < -0.39 is 0 Å². The zero-order valence-corrected chi connectivity index (χ0v) is 10.8. The highest BCUT2D eigenvalue weighted by Crippen LogP contribution is 2.11. The van der Waals surface area contributed by atoms with Crippen molar-refractivity contribution in [3.63, 3.8) is 0 Å². The van der Waals surface area contributed by atoms with Crippen molar-refractivity contribution in [2.24, 2.45) is 0 Å². The van der Waals surface area contributed by atoms with E-state index in [9.17, 15) is 0 Å². The molecule has 2 aromatic rings. The molecule has 0 atom stereocenters. The molecule has 0 radical (unpaired) electrons. The molecule has 0 amide bonds. The minimum Gasteiger partial charge on any atom is -0.488 e. The Morgan fingerprint density at radius 1 is 1.00 bits per heavy atom. The second kappa shape index (κ2) is 6.82. The summed E-state index contributed by atoms with van der Waals surface area (Å²) >= 11 is 0. The van der Waals surface area contributed by atoms with Crippen LogP contribution in [-0.4, -0.2) is 13.2 Å². The molecule has 0 unspecified atom stereocenters. The van der Waals surface area contributed by atoms with E-state index in [1.165, 1.54) is 11.1 Å². The van der Waals surface area contributed by atoms with Crippen LogP contribution in [0, 0.1) is 6.92 Å². The summed E-state index contributed by atoms with van der Waals surface area (Å²) < 4.78 is 5.69. The van der Waals surface area contributed by atoms with Crippen LogP contribution in [0.1, 0.15) is 11.1 Å². The molecule has 0 saturated heterocycles. The summed E-state index contributed by atoms with van der Waals surface area (Å²) in [5, 5.41) is 2.27. The molecule has 2 aromatic carbocycles. The largest absolute Gasteiger partial charge is 0.488 e. The van der Waals surface area contributed by atoms with Gasteiger partial charge in [0.25, 0.3) is 0 Å². The van der Waals surface area contributed by atoms with Crippen LogP contribution < -0.4 is 10.1 Å². The number of nitrogens with two attached hydrogens (primary N) is 1. The number of rotatable bonds is 6. The number of benzene rings is 2. The molecule has 2 heteroatoms. The van der Waals surface area contributed by atoms with E-state index in [0.29, 0.717) is 0 Å². The van der Waals surface area contributed by atoms with Gasteiger partial charge in [-0.25, -0.2) is 0 Å². The summed E-state index contributed by atoms with van der Waals surface area (Å²) in [6.07, 6.45) is 0. The predicted molar refractivity (Wildman–Crippen MR) is 73.6 cm³/mol. The highest BCUT2D eigenvalue weighted by atomic mass is 16.5. The van der Waals surface area contributed by atoms with E-state index in [2.05, 4.69) is 48.6 Å². The highest BCUT2D eigenvalue weighted by molar-refractivity contribution is 5.27. The van der Waals surface area contributed by atoms with Gasteiger partial charge in [0.15, 0.2) is 0 Å². The minimum atomic E-state index is 0.746. The molecule has 0 bridgehead atoms. The zero-order valence-electron chi connectivity index (χ0n) is 10.8. The standard InChI is InChI=1S/C16H19NO/c1-14-6-5-9-16(12-14)18-11-10-17-13-15-7-3-2-4-8-15/h2-9,12,17H,10-11,13H2,1H3/p+1. The summed E-state index contributed by atoms with van der Waals surface area (Å²) in [4.78, 5) is 0. The van der Waals surface area contributed by atoms with E-state index >= 15 is 0 Å². The average Bonchev–Trinajstić information content (AvgIpc) is 2.40. The van der Waals surface area contributed by atoms with Crippen molar-refractivity contribution in [1.82, 2.24) is 0 Å². The Morgan fingerprint density at radius 2 is 1.83 bits per heavy atom. The monoisotopic (exact) mass is 242 g/mol. The maximum Gasteiger partial charge on any atom is 0.137 e. The molecule has 0 aliphatic carbocycles. The average molecular weight is 242 g/mol. The summed E-state index contributed by atoms with van der Waals surface area (Å²) in [5.74, 6) is 0.961. The molecule has 2 rings (SSSR count). The molecular formula is C16H20NO+. The molecular weight excluding hydrogens is 222 g/mol. The summed E-state index contributed by atoms with van der Waals surface area (Å²) in [6.45, 7) is 4.81. The van der Waals surface area contributed by atoms with Crippen LogP contribution in [0.3, 0.4) is 0 Å². The number of hydrogen-bond donors (Lipinski definition) is 1. The predicted octanol–water partition coefficient (Wildman–Crippen LogP) is 2.14. The molecule has 0 spiro atoms. The first-order valence-electron chi connectivity index (χ1n) is 6.39. The third-order valence-electron chi connectivity index (χ3n) is 2.80. The molecule has 0 aliphatic heterocycles. The maximum atomic E-state index is 5.69. The van der Waals surface area contributed by atoms with E-state index in [1.807, 2.05) is 18.2 Å². The molecule has 0 aliphatic rings. The van der Waals surface area contributed by atoms with Gasteiger partial charge < -0.3 is 10.1 Å². The van der Waals surface area contributed by atoms with Gasteiger partial charge in [-0.15, -0.1) is 0 Å². The minimum absolute atomic E-state index is 0.746. The van der Waals surface area contributed by atoms with E-state index in [4.69, 9.17) is 4.74 Å². The second-order valence-corrected chi connectivity index (χ2v) is 4.43. The first kappa shape index (κ1) is 12.7. The summed E-state index contributed by atoms with van der Waals surface area (Å²) in [5.41, 5.74) is 2.59. The lowest BCUT2D eigenvalue weighted by molar-refractivity contribution is -0.671. The highest BCUT2D eigenvalue weighted by Gasteiger charge is 1.96. The van der Waals surface area contributed by atoms with E-state index in [-0.39, 0.29) is 0 Å². The van der Waals surface area contributed by atoms with Crippen LogP contribution in [0.5, 0.6) is 5.75 Å². The lowest BCUT2D eigenvalue weighted by atomic mass is 10.2. The number of ether oxygens (including phenoxy) is 1. The molecule has 0 heterocycles. The van der Waals surface area contributed by atoms with Crippen LogP contribution in [0.2, 0.25) is 0 Å². The van der Waals surface area contributed by atoms with Gasteiger partial charge in [0.2, 0.25) is 0 Å². The molecule has 2 nitrogen and oxygen atoms in total. The van der Waals surface area contributed by atoms with Gasteiger partial charge in [-0.3, -0.25) is 0 Å². The van der Waals surface area contributed by atoms with Gasteiger partial charge in [-0.05, 0) is 24.6 Å². The second-order valence-electron chi connectivity index (χ2n) is 4.43. The first-order chi connectivity index (χ1) is 8.84. The summed E-state index contributed by atoms with van der Waals surface area (Å²) in [6, 6.07) is 18.7. The molecule has 0 saturated carbocycles. The zero-order chi connectivity index (χ0) is 12.6. The Morgan fingerprint density at radius 3 is 2.61 bits per heavy atom. The molecule has 0 fully saturated rings. The Labute approximate surface area is 109 Å². The Balaban J connectivity index is 1.65. The lowest BCUT2D eigenvalue weighted by Crippen LogP contribution is -2.83. The van der Waals surface area contributed by atoms with E-state index in [0.717, 1.165) is 25.4 Å².